The van der Waals surface area contributed by atoms with E-state index in [1.165, 1.54) is 0 Å². The van der Waals surface area contributed by atoms with Crippen LogP contribution < -0.4 is 69.6 Å². The molecule has 0 heterocycles. The van der Waals surface area contributed by atoms with Crippen molar-refractivity contribution in [1.82, 2.24) is 16.0 Å². The maximum absolute atomic E-state index is 13.1. The minimum atomic E-state index is -1.26. The topological polar surface area (TPSA) is 244 Å². The quantitative estimate of drug-likeness (QED) is 0.0475. The Morgan fingerprint density at radius 3 is 1.54 bits per heavy atom. The second-order valence-corrected chi connectivity index (χ2v) is 8.56. The summed E-state index contributed by atoms with van der Waals surface area (Å²) in [4.78, 5) is 50.0. The molecular weight excluding hydrogens is 611 g/mol. The summed E-state index contributed by atoms with van der Waals surface area (Å²) in [5.41, 5.74) is 3.51. The normalized spacial score (nSPS) is 12.2. The average molecular weight is 652 g/mol. The van der Waals surface area contributed by atoms with Crippen LogP contribution in [0.4, 0.5) is 4.79 Å². The molecule has 0 unspecified atom stereocenters. The molecule has 0 spiro atoms. The minimum Gasteiger partial charge on any atom is -1.00 e. The number of rotatable bonds is 20. The van der Waals surface area contributed by atoms with Gasteiger partial charge in [-0.25, -0.2) is 41.7 Å². The minimum absolute atomic E-state index is 0. The number of hydroxylamine groups is 3. The number of aliphatic carboxylic acids is 1. The van der Waals surface area contributed by atoms with Crippen molar-refractivity contribution < 1.29 is 98.3 Å². The first-order valence-corrected chi connectivity index (χ1v) is 12.5. The Balaban J connectivity index is -0.00000481. The molecular formula is C23H41Cl3N6O9. The van der Waals surface area contributed by atoms with Gasteiger partial charge in [0.15, 0.2) is 0 Å². The van der Waals surface area contributed by atoms with Crippen LogP contribution in [0, 0.1) is 0 Å². The Hall–Kier alpha value is -2.47. The number of carbonyl (C=O) groups excluding carboxylic acids is 3. The van der Waals surface area contributed by atoms with Crippen LogP contribution in [0.25, 0.3) is 0 Å². The summed E-state index contributed by atoms with van der Waals surface area (Å²) >= 11 is 0. The van der Waals surface area contributed by atoms with Gasteiger partial charge in [0.2, 0.25) is 11.8 Å². The number of benzene rings is 1. The monoisotopic (exact) mass is 650 g/mol. The maximum Gasteiger partial charge on any atom is 0.408 e. The van der Waals surface area contributed by atoms with Crippen LogP contribution in [0.3, 0.4) is 0 Å². The smallest absolute Gasteiger partial charge is 0.408 e. The molecule has 3 amide bonds. The third-order valence-electron chi connectivity index (χ3n) is 5.55. The van der Waals surface area contributed by atoms with Crippen molar-refractivity contribution in [3.05, 3.63) is 35.9 Å². The fraction of sp³-hybridized carbons (Fsp3) is 0.565. The van der Waals surface area contributed by atoms with Gasteiger partial charge in [0.25, 0.3) is 0 Å². The molecule has 0 saturated heterocycles. The van der Waals surface area contributed by atoms with Gasteiger partial charge in [-0.2, -0.15) is 0 Å². The van der Waals surface area contributed by atoms with E-state index in [9.17, 15) is 24.3 Å². The Morgan fingerprint density at radius 2 is 1.10 bits per heavy atom. The summed E-state index contributed by atoms with van der Waals surface area (Å²) in [6.07, 6.45) is 0.458. The number of hydrogen-bond acceptors (Lipinski definition) is 8. The summed E-state index contributed by atoms with van der Waals surface area (Å²) in [5.74, 6) is -2.67. The van der Waals surface area contributed by atoms with Crippen LogP contribution in [0.15, 0.2) is 30.3 Å². The number of ether oxygens (including phenoxy) is 1. The number of carboxylic acids is 1. The van der Waals surface area contributed by atoms with Crippen LogP contribution >= 0.6 is 0 Å². The number of halogens is 3. The van der Waals surface area contributed by atoms with E-state index in [2.05, 4.69) is 16.0 Å². The predicted octanol–water partition coefficient (Wildman–Crippen LogP) is -12.5. The standard InChI is InChI=1S/C23H38N6O9.3ClH/c30-20(28-19(22(32)33)11-6-14-26-37)17(9-4-12-24-35)27-21(31)18(10-5-13-25-36)29-23(34)38-15-16-7-2-1-3-8-16;;;/h1-3,7-8,17-19,24-26,35-37H,4-6,9-15H2,(H,27,31)(H,28,30)(H,29,34)(H,32,33);3*1H/t17-,18-,19-;;;/m0.../s1. The molecule has 1 rings (SSSR count). The third-order valence-corrected chi connectivity index (χ3v) is 5.55. The predicted molar refractivity (Wildman–Crippen MR) is 128 cm³/mol. The first kappa shape index (κ1) is 43.0. The lowest BCUT2D eigenvalue weighted by Gasteiger charge is -2.24. The lowest BCUT2D eigenvalue weighted by molar-refractivity contribution is -0.886. The zero-order chi connectivity index (χ0) is 28.2. The van der Waals surface area contributed by atoms with Crippen LogP contribution in [-0.4, -0.2) is 82.4 Å². The zero-order valence-corrected chi connectivity index (χ0v) is 24.7. The van der Waals surface area contributed by atoms with Gasteiger partial charge < -0.3 is 63.0 Å². The van der Waals surface area contributed by atoms with Crippen LogP contribution in [-0.2, 0) is 25.7 Å². The molecule has 0 bridgehead atoms. The summed E-state index contributed by atoms with van der Waals surface area (Å²) < 4.78 is 5.19. The van der Waals surface area contributed by atoms with Crippen LogP contribution in [0.1, 0.15) is 44.1 Å². The molecule has 3 atom stereocenters. The van der Waals surface area contributed by atoms with Gasteiger partial charge in [-0.1, -0.05) is 30.3 Å². The van der Waals surface area contributed by atoms with Gasteiger partial charge in [-0.05, 0) is 24.8 Å². The highest BCUT2D eigenvalue weighted by molar-refractivity contribution is 5.92. The van der Waals surface area contributed by atoms with E-state index >= 15 is 0 Å². The highest BCUT2D eigenvalue weighted by Gasteiger charge is 2.29. The van der Waals surface area contributed by atoms with Gasteiger partial charge in [-0.15, -0.1) is 0 Å². The van der Waals surface area contributed by atoms with E-state index < -0.39 is 42.0 Å². The zero-order valence-electron chi connectivity index (χ0n) is 22.4. The SMILES string of the molecule is O=C(N[C@@H](CCC[NH2+]O)C(=O)N[C@@H](CCC[NH2+]O)C(=O)N[C@@H](CCC[NH2+]O)C(=O)O)OCc1ccccc1.[Cl-].[Cl-].[Cl-]. The second kappa shape index (κ2) is 26.4. The van der Waals surface area contributed by atoms with E-state index in [1.54, 1.807) is 24.3 Å². The molecule has 13 N–H and O–H groups in total. The Labute approximate surface area is 256 Å². The molecule has 15 nitrogen and oxygen atoms in total. The fourth-order valence-corrected chi connectivity index (χ4v) is 3.49. The molecule has 0 aliphatic carbocycles. The van der Waals surface area contributed by atoms with Crippen molar-refractivity contribution in [2.24, 2.45) is 0 Å². The fourth-order valence-electron chi connectivity index (χ4n) is 3.49. The number of carboxylic acid groups (broad SMARTS) is 1. The number of quaternary nitrogens is 3. The summed E-state index contributed by atoms with van der Waals surface area (Å²) in [7, 11) is 0. The van der Waals surface area contributed by atoms with Crippen molar-refractivity contribution in [3.8, 4) is 0 Å². The number of hydrogen-bond donors (Lipinski definition) is 10. The number of nitrogens with two attached hydrogens (primary N) is 3. The van der Waals surface area contributed by atoms with Crippen LogP contribution in [0.5, 0.6) is 0 Å². The summed E-state index contributed by atoms with van der Waals surface area (Å²) in [6, 6.07) is 5.49. The number of amides is 3. The highest BCUT2D eigenvalue weighted by Crippen LogP contribution is 2.06. The Bertz CT molecular complexity index is 861. The molecule has 41 heavy (non-hydrogen) atoms. The van der Waals surface area contributed by atoms with E-state index in [0.29, 0.717) is 19.3 Å². The van der Waals surface area contributed by atoms with Crippen LogP contribution in [0.2, 0.25) is 0 Å². The van der Waals surface area contributed by atoms with Gasteiger partial charge in [0, 0.05) is 19.3 Å². The van der Waals surface area contributed by atoms with E-state index in [1.807, 2.05) is 6.07 Å². The molecule has 0 aromatic heterocycles. The van der Waals surface area contributed by atoms with Gasteiger partial charge in [0.05, 0.1) is 0 Å². The summed E-state index contributed by atoms with van der Waals surface area (Å²) in [5, 5.41) is 43.7. The highest BCUT2D eigenvalue weighted by atomic mass is 35.5. The first-order valence-electron chi connectivity index (χ1n) is 12.5. The largest absolute Gasteiger partial charge is 1.00 e. The Morgan fingerprint density at radius 1 is 0.683 bits per heavy atom. The summed E-state index contributed by atoms with van der Waals surface area (Å²) in [6.45, 7) is 0.754. The molecule has 0 saturated carbocycles. The maximum atomic E-state index is 13.1. The number of nitrogens with one attached hydrogen (secondary N) is 3. The average Bonchev–Trinajstić information content (AvgIpc) is 2.90. The molecule has 238 valence electrons. The molecule has 0 aliphatic heterocycles. The molecule has 1 aromatic carbocycles. The van der Waals surface area contributed by atoms with Gasteiger partial charge in [-0.3, -0.25) is 9.59 Å². The molecule has 0 radical (unpaired) electrons. The van der Waals surface area contributed by atoms with E-state index in [-0.39, 0.29) is 82.7 Å². The van der Waals surface area contributed by atoms with Crippen molar-refractivity contribution in [2.75, 3.05) is 19.6 Å². The van der Waals surface area contributed by atoms with Gasteiger partial charge in [0.1, 0.15) is 44.4 Å². The third kappa shape index (κ3) is 19.3. The molecule has 0 fully saturated rings. The molecule has 1 aromatic rings. The lowest BCUT2D eigenvalue weighted by Crippen LogP contribution is -3.00. The van der Waals surface area contributed by atoms with Gasteiger partial charge >= 0.3 is 12.1 Å². The van der Waals surface area contributed by atoms with Crippen molar-refractivity contribution in [1.29, 1.82) is 0 Å². The van der Waals surface area contributed by atoms with Crippen molar-refractivity contribution in [2.45, 2.75) is 63.3 Å². The molecule has 18 heteroatoms. The van der Waals surface area contributed by atoms with E-state index in [0.717, 1.165) is 22.0 Å². The number of carbonyl (C=O) groups is 4. The lowest BCUT2D eigenvalue weighted by atomic mass is 10.1. The molecule has 0 aliphatic rings. The number of alkyl carbamates (subject to hydrolysis) is 1. The Kier molecular flexibility index (Phi) is 27.7. The van der Waals surface area contributed by atoms with Crippen molar-refractivity contribution in [3.63, 3.8) is 0 Å². The van der Waals surface area contributed by atoms with Crippen molar-refractivity contribution >= 4 is 23.9 Å². The van der Waals surface area contributed by atoms with E-state index in [4.69, 9.17) is 20.4 Å². The first-order chi connectivity index (χ1) is 18.3. The second-order valence-electron chi connectivity index (χ2n) is 8.56.